The smallest absolute Gasteiger partial charge is 0.238 e. The zero-order chi connectivity index (χ0) is 14.5. The standard InChI is InChI=1S/C13H14N6OS/c20-10(5-1-3-9-4-2-6-21-9)18-19-13-11-12(15-7-14-11)16-8-17-13/h2,4,6-8H,1,3,5H2,(H,18,20)(H2,14,15,16,17,19). The third-order valence-corrected chi connectivity index (χ3v) is 3.89. The van der Waals surface area contributed by atoms with Crippen molar-refractivity contribution in [3.63, 3.8) is 0 Å². The van der Waals surface area contributed by atoms with Crippen molar-refractivity contribution >= 4 is 34.2 Å². The Labute approximate surface area is 124 Å². The summed E-state index contributed by atoms with van der Waals surface area (Å²) in [6, 6.07) is 4.10. The maximum absolute atomic E-state index is 11.8. The van der Waals surface area contributed by atoms with E-state index in [2.05, 4.69) is 36.9 Å². The molecule has 0 aliphatic carbocycles. The number of H-pyrrole nitrogens is 1. The van der Waals surface area contributed by atoms with Crippen LogP contribution in [0.4, 0.5) is 5.82 Å². The van der Waals surface area contributed by atoms with Gasteiger partial charge in [-0.1, -0.05) is 6.07 Å². The monoisotopic (exact) mass is 302 g/mol. The third kappa shape index (κ3) is 3.34. The van der Waals surface area contributed by atoms with E-state index >= 15 is 0 Å². The van der Waals surface area contributed by atoms with Crippen molar-refractivity contribution in [1.82, 2.24) is 25.4 Å². The van der Waals surface area contributed by atoms with E-state index in [4.69, 9.17) is 0 Å². The van der Waals surface area contributed by atoms with Gasteiger partial charge in [0.25, 0.3) is 0 Å². The number of aromatic amines is 1. The quantitative estimate of drug-likeness (QED) is 0.604. The number of hydrogen-bond donors (Lipinski definition) is 3. The van der Waals surface area contributed by atoms with Crippen molar-refractivity contribution < 1.29 is 4.79 Å². The summed E-state index contributed by atoms with van der Waals surface area (Å²) in [4.78, 5) is 28.1. The zero-order valence-electron chi connectivity index (χ0n) is 11.2. The zero-order valence-corrected chi connectivity index (χ0v) is 12.0. The highest BCUT2D eigenvalue weighted by molar-refractivity contribution is 7.09. The molecule has 0 aliphatic rings. The summed E-state index contributed by atoms with van der Waals surface area (Å²) in [5.41, 5.74) is 6.65. The van der Waals surface area contributed by atoms with Crippen LogP contribution in [0.3, 0.4) is 0 Å². The predicted octanol–water partition coefficient (Wildman–Crippen LogP) is 1.88. The number of rotatable bonds is 6. The number of imidazole rings is 1. The molecule has 0 saturated carbocycles. The largest absolute Gasteiger partial charge is 0.340 e. The van der Waals surface area contributed by atoms with E-state index in [1.165, 1.54) is 17.5 Å². The summed E-state index contributed by atoms with van der Waals surface area (Å²) in [5, 5.41) is 2.04. The first-order valence-electron chi connectivity index (χ1n) is 6.54. The Bertz CT molecular complexity index is 723. The lowest BCUT2D eigenvalue weighted by atomic mass is 10.2. The summed E-state index contributed by atoms with van der Waals surface area (Å²) in [6.07, 6.45) is 5.13. The van der Waals surface area contributed by atoms with E-state index in [1.807, 2.05) is 11.4 Å². The van der Waals surface area contributed by atoms with Crippen LogP contribution in [0.5, 0.6) is 0 Å². The molecule has 3 aromatic heterocycles. The molecule has 108 valence electrons. The molecule has 3 heterocycles. The lowest BCUT2D eigenvalue weighted by Crippen LogP contribution is -2.29. The Hall–Kier alpha value is -2.48. The minimum Gasteiger partial charge on any atom is -0.340 e. The maximum atomic E-state index is 11.8. The lowest BCUT2D eigenvalue weighted by Gasteiger charge is -2.07. The van der Waals surface area contributed by atoms with Crippen LogP contribution in [0.2, 0.25) is 0 Å². The van der Waals surface area contributed by atoms with Crippen molar-refractivity contribution in [2.24, 2.45) is 0 Å². The summed E-state index contributed by atoms with van der Waals surface area (Å²) >= 11 is 1.71. The molecular formula is C13H14N6OS. The Kier molecular flexibility index (Phi) is 4.06. The number of nitrogens with one attached hydrogen (secondary N) is 3. The Morgan fingerprint density at radius 1 is 1.33 bits per heavy atom. The average Bonchev–Trinajstić information content (AvgIpc) is 3.16. The van der Waals surface area contributed by atoms with Crippen molar-refractivity contribution in [3.05, 3.63) is 35.0 Å². The van der Waals surface area contributed by atoms with E-state index in [0.29, 0.717) is 23.4 Å². The number of fused-ring (bicyclic) bond motifs is 1. The van der Waals surface area contributed by atoms with Crippen LogP contribution >= 0.6 is 11.3 Å². The van der Waals surface area contributed by atoms with Crippen molar-refractivity contribution in [2.75, 3.05) is 5.43 Å². The highest BCUT2D eigenvalue weighted by Crippen LogP contribution is 2.14. The fourth-order valence-corrected chi connectivity index (χ4v) is 2.68. The van der Waals surface area contributed by atoms with E-state index in [-0.39, 0.29) is 5.91 Å². The van der Waals surface area contributed by atoms with Crippen LogP contribution in [0.25, 0.3) is 11.2 Å². The number of aromatic nitrogens is 4. The number of nitrogens with zero attached hydrogens (tertiary/aromatic N) is 3. The van der Waals surface area contributed by atoms with Gasteiger partial charge in [-0.05, 0) is 24.3 Å². The summed E-state index contributed by atoms with van der Waals surface area (Å²) < 4.78 is 0. The number of aryl methyl sites for hydroxylation is 1. The number of hydrogen-bond acceptors (Lipinski definition) is 6. The molecule has 0 aromatic carbocycles. The van der Waals surface area contributed by atoms with Crippen LogP contribution < -0.4 is 10.9 Å². The number of amides is 1. The second kappa shape index (κ2) is 6.31. The van der Waals surface area contributed by atoms with Gasteiger partial charge in [-0.15, -0.1) is 11.3 Å². The van der Waals surface area contributed by atoms with Gasteiger partial charge >= 0.3 is 0 Å². The number of anilines is 1. The number of thiophene rings is 1. The fourth-order valence-electron chi connectivity index (χ4n) is 1.93. The minimum atomic E-state index is -0.0715. The molecule has 0 saturated heterocycles. The van der Waals surface area contributed by atoms with Crippen LogP contribution in [-0.4, -0.2) is 25.8 Å². The highest BCUT2D eigenvalue weighted by atomic mass is 32.1. The van der Waals surface area contributed by atoms with Gasteiger partial charge in [0.15, 0.2) is 11.5 Å². The molecule has 3 rings (SSSR count). The van der Waals surface area contributed by atoms with E-state index in [9.17, 15) is 4.79 Å². The topological polar surface area (TPSA) is 95.6 Å². The summed E-state index contributed by atoms with van der Waals surface area (Å²) in [5.74, 6) is 0.432. The molecule has 0 unspecified atom stereocenters. The van der Waals surface area contributed by atoms with Gasteiger partial charge in [0, 0.05) is 11.3 Å². The molecule has 0 bridgehead atoms. The molecule has 21 heavy (non-hydrogen) atoms. The molecule has 7 nitrogen and oxygen atoms in total. The number of carbonyl (C=O) groups is 1. The van der Waals surface area contributed by atoms with Crippen LogP contribution in [0, 0.1) is 0 Å². The summed E-state index contributed by atoms with van der Waals surface area (Å²) in [6.45, 7) is 0. The Morgan fingerprint density at radius 2 is 2.29 bits per heavy atom. The molecule has 3 aromatic rings. The van der Waals surface area contributed by atoms with Crippen LogP contribution in [0.15, 0.2) is 30.2 Å². The maximum Gasteiger partial charge on any atom is 0.238 e. The van der Waals surface area contributed by atoms with Gasteiger partial charge in [-0.2, -0.15) is 0 Å². The fraction of sp³-hybridized carbons (Fsp3) is 0.231. The van der Waals surface area contributed by atoms with E-state index < -0.39 is 0 Å². The Balaban J connectivity index is 1.48. The van der Waals surface area contributed by atoms with Gasteiger partial charge in [0.1, 0.15) is 11.8 Å². The van der Waals surface area contributed by atoms with Gasteiger partial charge in [-0.3, -0.25) is 15.6 Å². The molecule has 0 fully saturated rings. The van der Waals surface area contributed by atoms with Crippen molar-refractivity contribution in [1.29, 1.82) is 0 Å². The minimum absolute atomic E-state index is 0.0715. The molecule has 1 amide bonds. The second-order valence-corrected chi connectivity index (χ2v) is 5.46. The predicted molar refractivity (Wildman–Crippen MR) is 80.7 cm³/mol. The normalized spacial score (nSPS) is 10.7. The summed E-state index contributed by atoms with van der Waals surface area (Å²) in [7, 11) is 0. The lowest BCUT2D eigenvalue weighted by molar-refractivity contribution is -0.120. The molecule has 3 N–H and O–H groups in total. The molecule has 0 radical (unpaired) electrons. The molecular weight excluding hydrogens is 288 g/mol. The average molecular weight is 302 g/mol. The van der Waals surface area contributed by atoms with Gasteiger partial charge < -0.3 is 4.98 Å². The van der Waals surface area contributed by atoms with Gasteiger partial charge in [0.05, 0.1) is 6.33 Å². The second-order valence-electron chi connectivity index (χ2n) is 4.43. The first kappa shape index (κ1) is 13.5. The van der Waals surface area contributed by atoms with Crippen LogP contribution in [-0.2, 0) is 11.2 Å². The number of carbonyl (C=O) groups excluding carboxylic acids is 1. The third-order valence-electron chi connectivity index (χ3n) is 2.95. The molecule has 0 spiro atoms. The first-order valence-corrected chi connectivity index (χ1v) is 7.42. The van der Waals surface area contributed by atoms with Gasteiger partial charge in [0.2, 0.25) is 5.91 Å². The molecule has 8 heteroatoms. The van der Waals surface area contributed by atoms with Crippen LogP contribution in [0.1, 0.15) is 17.7 Å². The molecule has 0 aliphatic heterocycles. The van der Waals surface area contributed by atoms with Crippen molar-refractivity contribution in [2.45, 2.75) is 19.3 Å². The number of hydrazine groups is 1. The Morgan fingerprint density at radius 3 is 3.14 bits per heavy atom. The van der Waals surface area contributed by atoms with Crippen molar-refractivity contribution in [3.8, 4) is 0 Å². The first-order chi connectivity index (χ1) is 10.3. The highest BCUT2D eigenvalue weighted by Gasteiger charge is 2.07. The van der Waals surface area contributed by atoms with Gasteiger partial charge in [-0.25, -0.2) is 15.0 Å². The SMILES string of the molecule is O=C(CCCc1cccs1)NNc1ncnc2nc[nH]c12. The van der Waals surface area contributed by atoms with E-state index in [1.54, 1.807) is 11.3 Å². The molecule has 0 atom stereocenters. The van der Waals surface area contributed by atoms with E-state index in [0.717, 1.165) is 12.8 Å².